The number of hydrogen-bond acceptors (Lipinski definition) is 1. The molecule has 3 aliphatic rings. The van der Waals surface area contributed by atoms with Crippen LogP contribution in [-0.4, -0.2) is 6.04 Å². The molecule has 0 saturated heterocycles. The van der Waals surface area contributed by atoms with Crippen LogP contribution in [0.15, 0.2) is 0 Å². The van der Waals surface area contributed by atoms with Crippen LogP contribution in [0.2, 0.25) is 0 Å². The molecule has 0 heterocycles. The van der Waals surface area contributed by atoms with Crippen LogP contribution in [-0.2, 0) is 0 Å². The Balaban J connectivity index is 1.71. The fraction of sp³-hybridized carbons (Fsp3) is 1.00. The Morgan fingerprint density at radius 2 is 1.53 bits per heavy atom. The quantitative estimate of drug-likeness (QED) is 0.645. The monoisotopic (exact) mass is 207 g/mol. The Hall–Kier alpha value is -0.0400. The van der Waals surface area contributed by atoms with Crippen molar-refractivity contribution < 1.29 is 0 Å². The van der Waals surface area contributed by atoms with Gasteiger partial charge in [0.2, 0.25) is 0 Å². The third kappa shape index (κ3) is 1.73. The molecule has 1 nitrogen and oxygen atoms in total. The van der Waals surface area contributed by atoms with Gasteiger partial charge in [0.25, 0.3) is 0 Å². The van der Waals surface area contributed by atoms with Crippen LogP contribution >= 0.6 is 0 Å². The molecule has 15 heavy (non-hydrogen) atoms. The van der Waals surface area contributed by atoms with Gasteiger partial charge in [0.15, 0.2) is 0 Å². The van der Waals surface area contributed by atoms with E-state index in [2.05, 4.69) is 0 Å². The van der Waals surface area contributed by atoms with Gasteiger partial charge in [-0.15, -0.1) is 0 Å². The third-order valence-corrected chi connectivity index (χ3v) is 5.59. The zero-order chi connectivity index (χ0) is 10.4. The van der Waals surface area contributed by atoms with Crippen LogP contribution in [0.3, 0.4) is 0 Å². The topological polar surface area (TPSA) is 26.0 Å². The highest BCUT2D eigenvalue weighted by molar-refractivity contribution is 5.02. The summed E-state index contributed by atoms with van der Waals surface area (Å²) in [7, 11) is 0. The number of rotatable bonds is 0. The first-order valence-electron chi connectivity index (χ1n) is 6.98. The zero-order valence-corrected chi connectivity index (χ0v) is 9.93. The Bertz CT molecular complexity index is 232. The van der Waals surface area contributed by atoms with Crippen molar-refractivity contribution in [2.75, 3.05) is 0 Å². The summed E-state index contributed by atoms with van der Waals surface area (Å²) in [6, 6.07) is 0.531. The van der Waals surface area contributed by atoms with Gasteiger partial charge in [0.05, 0.1) is 0 Å². The lowest BCUT2D eigenvalue weighted by molar-refractivity contribution is 0.163. The molecule has 0 bridgehead atoms. The number of nitrogens with two attached hydrogens (primary N) is 1. The Morgan fingerprint density at radius 1 is 0.800 bits per heavy atom. The number of hydrogen-bond donors (Lipinski definition) is 1. The average Bonchev–Trinajstić information content (AvgIpc) is 2.75. The molecule has 2 unspecified atom stereocenters. The molecule has 1 heteroatoms. The molecular weight excluding hydrogens is 182 g/mol. The smallest absolute Gasteiger partial charge is 0.00443 e. The largest absolute Gasteiger partial charge is 0.328 e. The highest BCUT2D eigenvalue weighted by Crippen LogP contribution is 2.61. The molecular formula is C14H25N. The molecule has 0 radical (unpaired) electrons. The van der Waals surface area contributed by atoms with Gasteiger partial charge < -0.3 is 5.73 Å². The van der Waals surface area contributed by atoms with Crippen molar-refractivity contribution in [3.63, 3.8) is 0 Å². The lowest BCUT2D eigenvalue weighted by Gasteiger charge is -2.35. The van der Waals surface area contributed by atoms with Crippen LogP contribution in [0.1, 0.15) is 70.6 Å². The predicted molar refractivity (Wildman–Crippen MR) is 63.6 cm³/mol. The third-order valence-electron chi connectivity index (χ3n) is 5.59. The Kier molecular flexibility index (Phi) is 2.35. The average molecular weight is 207 g/mol. The van der Waals surface area contributed by atoms with Crippen molar-refractivity contribution in [3.05, 3.63) is 0 Å². The van der Waals surface area contributed by atoms with E-state index in [0.29, 0.717) is 11.5 Å². The molecule has 3 fully saturated rings. The maximum atomic E-state index is 6.11. The normalized spacial score (nSPS) is 44.2. The zero-order valence-electron chi connectivity index (χ0n) is 9.93. The lowest BCUT2D eigenvalue weighted by Crippen LogP contribution is -2.24. The van der Waals surface area contributed by atoms with Crippen molar-refractivity contribution >= 4 is 0 Å². The molecule has 0 aliphatic heterocycles. The van der Waals surface area contributed by atoms with Gasteiger partial charge in [-0.25, -0.2) is 0 Å². The van der Waals surface area contributed by atoms with E-state index in [9.17, 15) is 0 Å². The first-order valence-corrected chi connectivity index (χ1v) is 6.98. The molecule has 2 N–H and O–H groups in total. The van der Waals surface area contributed by atoms with E-state index >= 15 is 0 Å². The lowest BCUT2D eigenvalue weighted by atomic mass is 9.70. The van der Waals surface area contributed by atoms with E-state index < -0.39 is 0 Å². The first kappa shape index (κ1) is 10.1. The predicted octanol–water partition coefficient (Wildman–Crippen LogP) is 3.62. The highest BCUT2D eigenvalue weighted by atomic mass is 14.7. The van der Waals surface area contributed by atoms with Gasteiger partial charge in [-0.2, -0.15) is 0 Å². The van der Waals surface area contributed by atoms with Crippen molar-refractivity contribution in [1.29, 1.82) is 0 Å². The van der Waals surface area contributed by atoms with Gasteiger partial charge in [0, 0.05) is 6.04 Å². The fourth-order valence-corrected chi connectivity index (χ4v) is 4.87. The summed E-state index contributed by atoms with van der Waals surface area (Å²) in [5.74, 6) is 0. The summed E-state index contributed by atoms with van der Waals surface area (Å²) in [5.41, 5.74) is 7.59. The molecule has 0 amide bonds. The van der Waals surface area contributed by atoms with E-state index in [0.717, 1.165) is 5.41 Å². The molecule has 2 atom stereocenters. The van der Waals surface area contributed by atoms with E-state index in [1.165, 1.54) is 70.6 Å². The van der Waals surface area contributed by atoms with Gasteiger partial charge in [-0.1, -0.05) is 19.3 Å². The summed E-state index contributed by atoms with van der Waals surface area (Å²) in [6.07, 6.45) is 16.2. The van der Waals surface area contributed by atoms with Crippen LogP contribution < -0.4 is 5.73 Å². The van der Waals surface area contributed by atoms with Gasteiger partial charge in [-0.3, -0.25) is 0 Å². The summed E-state index contributed by atoms with van der Waals surface area (Å²) in [6.45, 7) is 0. The highest BCUT2D eigenvalue weighted by Gasteiger charge is 2.50. The van der Waals surface area contributed by atoms with E-state index in [4.69, 9.17) is 5.73 Å². The molecule has 3 saturated carbocycles. The second-order valence-corrected chi connectivity index (χ2v) is 6.74. The molecule has 2 spiro atoms. The van der Waals surface area contributed by atoms with Crippen molar-refractivity contribution in [1.82, 2.24) is 0 Å². The summed E-state index contributed by atoms with van der Waals surface area (Å²) in [5, 5.41) is 0. The maximum Gasteiger partial charge on any atom is 0.00443 e. The standard InChI is InChI=1S/C14H25N/c15-12-4-7-14(10-12)9-8-13(11-14)5-2-1-3-6-13/h12H,1-11,15H2. The molecule has 3 aliphatic carbocycles. The minimum atomic E-state index is 0.531. The summed E-state index contributed by atoms with van der Waals surface area (Å²) >= 11 is 0. The van der Waals surface area contributed by atoms with Crippen molar-refractivity contribution in [2.24, 2.45) is 16.6 Å². The maximum absolute atomic E-state index is 6.11. The van der Waals surface area contributed by atoms with Crippen molar-refractivity contribution in [3.8, 4) is 0 Å². The van der Waals surface area contributed by atoms with E-state index in [1.807, 2.05) is 0 Å². The molecule has 0 aromatic rings. The molecule has 86 valence electrons. The summed E-state index contributed by atoms with van der Waals surface area (Å²) in [4.78, 5) is 0. The van der Waals surface area contributed by atoms with E-state index in [1.54, 1.807) is 0 Å². The second kappa shape index (κ2) is 3.48. The minimum Gasteiger partial charge on any atom is -0.328 e. The second-order valence-electron chi connectivity index (χ2n) is 6.74. The van der Waals surface area contributed by atoms with Gasteiger partial charge in [-0.05, 0) is 62.2 Å². The molecule has 0 aromatic heterocycles. The van der Waals surface area contributed by atoms with Crippen LogP contribution in [0.4, 0.5) is 0 Å². The Labute approximate surface area is 93.8 Å². The van der Waals surface area contributed by atoms with E-state index in [-0.39, 0.29) is 0 Å². The Morgan fingerprint density at radius 3 is 2.20 bits per heavy atom. The summed E-state index contributed by atoms with van der Waals surface area (Å²) < 4.78 is 0. The van der Waals surface area contributed by atoms with Crippen molar-refractivity contribution in [2.45, 2.75) is 76.7 Å². The first-order chi connectivity index (χ1) is 7.22. The van der Waals surface area contributed by atoms with Crippen LogP contribution in [0.5, 0.6) is 0 Å². The van der Waals surface area contributed by atoms with Gasteiger partial charge >= 0.3 is 0 Å². The molecule has 3 rings (SSSR count). The SMILES string of the molecule is NC1CCC2(CCC3(CCCCC3)C2)C1. The van der Waals surface area contributed by atoms with Gasteiger partial charge in [0.1, 0.15) is 0 Å². The van der Waals surface area contributed by atoms with Crippen LogP contribution in [0.25, 0.3) is 0 Å². The minimum absolute atomic E-state index is 0.531. The van der Waals surface area contributed by atoms with Crippen LogP contribution in [0, 0.1) is 10.8 Å². The fourth-order valence-electron chi connectivity index (χ4n) is 4.87. The molecule has 0 aromatic carbocycles.